The molecule has 12 rings (SSSR count). The van der Waals surface area contributed by atoms with Gasteiger partial charge in [-0.1, -0.05) is 0 Å². The Morgan fingerprint density at radius 3 is 0.287 bits per heavy atom. The summed E-state index contributed by atoms with van der Waals surface area (Å²) >= 11 is 49.9. The van der Waals surface area contributed by atoms with E-state index in [-0.39, 0.29) is 0 Å². The minimum absolute atomic E-state index is 0.628. The summed E-state index contributed by atoms with van der Waals surface area (Å²) in [6, 6.07) is 0. The van der Waals surface area contributed by atoms with Gasteiger partial charge in [0, 0.05) is 0 Å². The first-order chi connectivity index (χ1) is 62.4. The van der Waals surface area contributed by atoms with E-state index in [2.05, 4.69) is 222 Å². The molecule has 724 valence electrons. The van der Waals surface area contributed by atoms with E-state index in [0.29, 0.717) is 59.2 Å². The Morgan fingerprint density at radius 1 is 0.0882 bits per heavy atom. The Balaban J connectivity index is 0.000000279. The van der Waals surface area contributed by atoms with Crippen molar-refractivity contribution in [3.63, 3.8) is 0 Å². The molecular formula is C106H120W30. The third-order valence-electron chi connectivity index (χ3n) is 24.0. The van der Waals surface area contributed by atoms with Gasteiger partial charge in [0.25, 0.3) is 0 Å². The zero-order valence-corrected chi connectivity index (χ0v) is 171. The van der Waals surface area contributed by atoms with Crippen LogP contribution in [0, 0.1) is 106 Å². The molecule has 0 aliphatic heterocycles. The normalized spacial score (nSPS) is 11.8. The third kappa shape index (κ3) is 34.4. The maximum atomic E-state index is 2.40. The van der Waals surface area contributed by atoms with Crippen molar-refractivity contribution >= 4 is 0 Å². The van der Waals surface area contributed by atoms with Crippen LogP contribution in [0.4, 0.5) is 0 Å². The van der Waals surface area contributed by atoms with Crippen LogP contribution in [0.15, 0.2) is 0 Å². The third-order valence-corrected chi connectivity index (χ3v) is 106. The van der Waals surface area contributed by atoms with Gasteiger partial charge in [-0.05, 0) is 0 Å². The fourth-order valence-electron chi connectivity index (χ4n) is 17.5. The molecule has 0 N–H and O–H groups in total. The predicted octanol–water partition coefficient (Wildman–Crippen LogP) is 26.7. The average molecular weight is 6910 g/mol. The monoisotopic (exact) mass is 6910 g/mol. The molecule has 0 saturated carbocycles. The number of rotatable bonds is 24. The van der Waals surface area contributed by atoms with Crippen molar-refractivity contribution in [2.24, 2.45) is 0 Å². The van der Waals surface area contributed by atoms with Gasteiger partial charge in [0.2, 0.25) is 0 Å². The summed E-state index contributed by atoms with van der Waals surface area (Å²) in [5.74, 6) is 11.2. The van der Waals surface area contributed by atoms with Gasteiger partial charge in [0.05, 0.1) is 0 Å². The van der Waals surface area contributed by atoms with Crippen molar-refractivity contribution in [3.8, 4) is 0 Å². The molecule has 0 spiro atoms. The van der Waals surface area contributed by atoms with Crippen LogP contribution in [0.2, 0.25) is 0 Å². The van der Waals surface area contributed by atoms with E-state index in [1.807, 2.05) is 0 Å². The number of hydrogen-bond donors (Lipinski definition) is 0. The van der Waals surface area contributed by atoms with Gasteiger partial charge in [0.1, 0.15) is 0 Å². The zero-order chi connectivity index (χ0) is 105. The van der Waals surface area contributed by atoms with Gasteiger partial charge in [-0.25, -0.2) is 0 Å². The molecule has 0 bridgehead atoms. The predicted molar refractivity (Wildman–Crippen MR) is 440 cm³/mol. The van der Waals surface area contributed by atoms with Gasteiger partial charge in [-0.15, -0.1) is 0 Å². The molecule has 12 aromatic rings. The second-order valence-corrected chi connectivity index (χ2v) is 83.5. The van der Waals surface area contributed by atoms with Crippen LogP contribution in [0.3, 0.4) is 0 Å². The van der Waals surface area contributed by atoms with Gasteiger partial charge in [-0.3, -0.25) is 0 Å². The van der Waals surface area contributed by atoms with Crippen molar-refractivity contribution in [2.75, 3.05) is 0 Å². The Kier molecular flexibility index (Phi) is 64.4. The molecule has 136 heavy (non-hydrogen) atoms. The Labute approximate surface area is 1140 Å². The summed E-state index contributed by atoms with van der Waals surface area (Å²) in [7, 11) is 0. The summed E-state index contributed by atoms with van der Waals surface area (Å²) in [5.41, 5.74) is 40.5. The van der Waals surface area contributed by atoms with Crippen molar-refractivity contribution in [2.45, 2.75) is 342 Å². The van der Waals surface area contributed by atoms with Gasteiger partial charge >= 0.3 is 1160 Å². The van der Waals surface area contributed by atoms with Crippen LogP contribution in [-0.4, -0.2) is 0 Å². The Morgan fingerprint density at radius 2 is 0.162 bits per heavy atom. The summed E-state index contributed by atoms with van der Waals surface area (Å²) in [4.78, 5) is 0. The van der Waals surface area contributed by atoms with Gasteiger partial charge in [0.15, 0.2) is 0 Å². The van der Waals surface area contributed by atoms with E-state index in [4.69, 9.17) is 0 Å². The standard InChI is InChI=1S/C19H16.C17H16.C15H16.C13H16.C12H14.C11H14.C10H14.C9H14.30W/c1-14(2)18-11-7-5-9-16(18)13-17-10-6-8-12-19(17)15(3)4;1-12(2)16-9-5-7-14(16)11-15-8-6-10-17(15)13(3)4;1-10(2)14-7-5-12(14)9-13-6-8-15(13)11(3)4;1-8(2)12-6-10(12)5-11-7-13(11)9(3)4;1-9(2)11-7-5-6-8-12(11)10(3)4;1-8(2)10-6-5-7-11(10)9(3)4;1-7(2)9-5-6-10(9)8(3)4;1-6(2)8-5-9(8)7(3)4;;;;;;;;;;;;;;;;;;;;;;;;;;;;;;/h14-15H,13H2,1-4H3;12-13H,11H2,1-4H3;10-11H,9H2,1-4H3;8-9H,5H2,1-4H3;9-10H,1-4H3;8-9H,1-4H3;7-8H,1-4H3;6-7H,1-4H3;;;;;;;;;;;;;;;;;;;;;;;;;;;;;;. The van der Waals surface area contributed by atoms with Crippen LogP contribution in [0.1, 0.15) is 450 Å². The van der Waals surface area contributed by atoms with E-state index < -0.39 is 0 Å². The topological polar surface area (TPSA) is 0 Å². The maximum absolute atomic E-state index is 2.40. The molecule has 12 aromatic carbocycles. The van der Waals surface area contributed by atoms with Crippen LogP contribution in [0.25, 0.3) is 0 Å². The van der Waals surface area contributed by atoms with Crippen LogP contribution < -0.4 is 0 Å². The summed E-state index contributed by atoms with van der Waals surface area (Å²) in [6.45, 7) is 74.9. The molecule has 0 amide bonds. The van der Waals surface area contributed by atoms with E-state index in [1.54, 1.807) is 820 Å². The molecule has 0 aromatic heterocycles. The molecule has 0 radical (unpaired) electrons. The number of benzene rings is 3. The van der Waals surface area contributed by atoms with Crippen LogP contribution in [-0.2, 0) is 606 Å². The molecule has 0 unspecified atom stereocenters. The van der Waals surface area contributed by atoms with Gasteiger partial charge in [-0.2, -0.15) is 0 Å². The fraction of sp³-hybridized carbons (Fsp3) is 0.491. The van der Waals surface area contributed by atoms with Crippen molar-refractivity contribution in [3.05, 3.63) is 240 Å². The zero-order valence-electron chi connectivity index (χ0n) is 83.3. The van der Waals surface area contributed by atoms with Crippen molar-refractivity contribution in [1.29, 1.82) is 0 Å². The van der Waals surface area contributed by atoms with Crippen molar-refractivity contribution in [1.82, 2.24) is 0 Å². The summed E-state index contributed by atoms with van der Waals surface area (Å²) in [6.07, 6.45) is 4.86. The van der Waals surface area contributed by atoms with E-state index in [1.165, 1.54) is 25.7 Å². The first-order valence-electron chi connectivity index (χ1n) is 45.5. The van der Waals surface area contributed by atoms with Crippen LogP contribution in [0.5, 0.6) is 0 Å². The molecule has 0 aliphatic carbocycles. The molecule has 0 saturated heterocycles. The fourth-order valence-corrected chi connectivity index (χ4v) is 65.6. The summed E-state index contributed by atoms with van der Waals surface area (Å²) in [5, 5.41) is 0. The summed E-state index contributed by atoms with van der Waals surface area (Å²) < 4.78 is 50.0. The second-order valence-electron chi connectivity index (χ2n) is 39.5. The van der Waals surface area contributed by atoms with Gasteiger partial charge < -0.3 is 0 Å². The SMILES string of the molecule is CC(C)c1c(C(C)C)[c](=[W])[c](=[W])[c](=[W])[c]1=[W].CC(C)c1c(C(C)C)[c](=[W])[c](=[W])[c]1=[W].CC(C)c1c(C(C)C)[c](=[W])[c]1=[W].CC(C)c1c(C(C)C)[c]1=[W].CC(C)c1c(Cc2c(C(C)C)[c](=[W])[c](=[W])[c](=[W])[c]2=[W])[c](=[W])[c](=[W])[c](=[W])[c]1=[W].CC(C)c1c(Cc2c(C(C)C)[c](=[W])[c](=[W])[c]2=[W])[c](=[W])[c](=[W])[c]1=[W].CC(C)c1c(Cc2c(C(C)C)[c](=[W])[c]2=[W])[c](=[W])[c]1=[W].CC(C)c1c(Cc2c(C(C)C)[c]2=[W])[c]1=[W]. The quantitative estimate of drug-likeness (QED) is 0.0566. The first kappa shape index (κ1) is 140. The minimum atomic E-state index is 0.628. The first-order valence-corrected chi connectivity index (χ1v) is 89.5. The molecule has 0 heterocycles. The Bertz CT molecular complexity index is 7630. The molecule has 0 fully saturated rings. The Hall–Kier alpha value is 13.6. The molecule has 0 aliphatic rings. The second kappa shape index (κ2) is 62.5. The van der Waals surface area contributed by atoms with E-state index >= 15 is 0 Å². The number of hydrogen-bond acceptors (Lipinski definition) is 0. The molecular weight excluding hydrogens is 6790 g/mol. The van der Waals surface area contributed by atoms with Crippen LogP contribution >= 0.6 is 0 Å². The van der Waals surface area contributed by atoms with Crippen molar-refractivity contribution < 1.29 is 581 Å². The average Bonchev–Trinajstić information content (AvgIpc) is 1.69. The molecule has 0 atom stereocenters. The molecule has 30 heteroatoms. The molecule has 0 nitrogen and oxygen atoms in total. The van der Waals surface area contributed by atoms with E-state index in [0.717, 1.165) is 35.5 Å². The van der Waals surface area contributed by atoms with E-state index in [9.17, 15) is 0 Å².